The first-order valence-corrected chi connectivity index (χ1v) is 9.60. The van der Waals surface area contributed by atoms with E-state index in [4.69, 9.17) is 11.6 Å². The van der Waals surface area contributed by atoms with Crippen LogP contribution in [0, 0.1) is 6.92 Å². The van der Waals surface area contributed by atoms with Crippen LogP contribution in [0.2, 0.25) is 5.02 Å². The van der Waals surface area contributed by atoms with E-state index in [9.17, 15) is 4.79 Å². The van der Waals surface area contributed by atoms with E-state index in [1.807, 2.05) is 37.4 Å². The fraction of sp³-hybridized carbons (Fsp3) is 0.316. The van der Waals surface area contributed by atoms with Crippen LogP contribution in [0.25, 0.3) is 5.69 Å². The fourth-order valence-electron chi connectivity index (χ4n) is 3.35. The lowest BCUT2D eigenvalue weighted by molar-refractivity contribution is 0.246. The highest BCUT2D eigenvalue weighted by atomic mass is 35.5. The number of nitrogens with zero attached hydrogens (tertiary/aromatic N) is 4. The molecule has 1 aromatic carbocycles. The zero-order valence-corrected chi connectivity index (χ0v) is 16.3. The number of benzene rings is 1. The van der Waals surface area contributed by atoms with Crippen LogP contribution in [0.3, 0.4) is 0 Å². The minimum Gasteiger partial charge on any atom is -0.355 e. The second kappa shape index (κ2) is 7.93. The molecule has 1 aliphatic heterocycles. The molecule has 0 aliphatic carbocycles. The molecule has 4 rings (SSSR count). The molecular weight excluding hydrogens is 378 g/mol. The van der Waals surface area contributed by atoms with Crippen molar-refractivity contribution >= 4 is 29.1 Å². The Morgan fingerprint density at radius 2 is 2.11 bits per heavy atom. The molecule has 3 heterocycles. The van der Waals surface area contributed by atoms with E-state index in [0.29, 0.717) is 10.7 Å². The Kier molecular flexibility index (Phi) is 5.21. The third kappa shape index (κ3) is 4.12. The van der Waals surface area contributed by atoms with Crippen molar-refractivity contribution in [3.8, 4) is 5.69 Å². The average Bonchev–Trinajstić information content (AvgIpc) is 3.34. The van der Waals surface area contributed by atoms with Crippen molar-refractivity contribution in [2.45, 2.75) is 25.8 Å². The Labute approximate surface area is 167 Å². The molecule has 3 N–H and O–H groups in total. The number of urea groups is 1. The first-order valence-electron chi connectivity index (χ1n) is 9.22. The van der Waals surface area contributed by atoms with Gasteiger partial charge in [0.15, 0.2) is 5.82 Å². The molecule has 8 nitrogen and oxygen atoms in total. The van der Waals surface area contributed by atoms with Gasteiger partial charge in [-0.15, -0.1) is 0 Å². The summed E-state index contributed by atoms with van der Waals surface area (Å²) in [5.41, 5.74) is 2.45. The molecule has 2 aromatic heterocycles. The highest BCUT2D eigenvalue weighted by Crippen LogP contribution is 2.24. The van der Waals surface area contributed by atoms with Crippen LogP contribution in [-0.2, 0) is 0 Å². The van der Waals surface area contributed by atoms with Gasteiger partial charge in [-0.25, -0.2) is 9.48 Å². The fourth-order valence-corrected chi connectivity index (χ4v) is 3.62. The maximum Gasteiger partial charge on any atom is 0.319 e. The quantitative estimate of drug-likeness (QED) is 0.627. The number of rotatable bonds is 4. The lowest BCUT2D eigenvalue weighted by atomic mass is 10.1. The van der Waals surface area contributed by atoms with Gasteiger partial charge in [0.25, 0.3) is 0 Å². The number of anilines is 2. The maximum atomic E-state index is 12.3. The van der Waals surface area contributed by atoms with Crippen molar-refractivity contribution in [3.05, 3.63) is 53.4 Å². The van der Waals surface area contributed by atoms with Crippen molar-refractivity contribution in [1.29, 1.82) is 0 Å². The van der Waals surface area contributed by atoms with Gasteiger partial charge in [-0.2, -0.15) is 10.2 Å². The molecule has 1 fully saturated rings. The smallest absolute Gasteiger partial charge is 0.319 e. The standard InChI is InChI=1S/C19H22ClN7O/c1-13-11-18(25-24-13)26-9-5-14(6-10-26)22-19(28)23-15-3-4-17(16(20)12-15)27-8-2-7-21-27/h2-4,7-8,11-12,14H,5-6,9-10H2,1H3,(H,24,25)(H2,22,23,28). The number of aromatic nitrogens is 4. The first-order chi connectivity index (χ1) is 13.6. The van der Waals surface area contributed by atoms with Gasteiger partial charge in [0.2, 0.25) is 0 Å². The van der Waals surface area contributed by atoms with Crippen molar-refractivity contribution in [2.24, 2.45) is 0 Å². The number of aromatic amines is 1. The second-order valence-corrected chi connectivity index (χ2v) is 7.29. The van der Waals surface area contributed by atoms with E-state index in [2.05, 4.69) is 30.8 Å². The minimum absolute atomic E-state index is 0.134. The third-order valence-corrected chi connectivity index (χ3v) is 5.11. The molecule has 3 aromatic rings. The van der Waals surface area contributed by atoms with Gasteiger partial charge >= 0.3 is 6.03 Å². The second-order valence-electron chi connectivity index (χ2n) is 6.89. The lowest BCUT2D eigenvalue weighted by Crippen LogP contribution is -2.46. The van der Waals surface area contributed by atoms with Crippen LogP contribution >= 0.6 is 11.6 Å². The number of aryl methyl sites for hydroxylation is 1. The van der Waals surface area contributed by atoms with E-state index in [-0.39, 0.29) is 12.1 Å². The minimum atomic E-state index is -0.225. The molecular formula is C19H22ClN7O. The van der Waals surface area contributed by atoms with E-state index in [1.165, 1.54) is 0 Å². The lowest BCUT2D eigenvalue weighted by Gasteiger charge is -2.32. The number of amides is 2. The van der Waals surface area contributed by atoms with E-state index in [1.54, 1.807) is 16.9 Å². The zero-order valence-electron chi connectivity index (χ0n) is 15.5. The Balaban J connectivity index is 1.30. The summed E-state index contributed by atoms with van der Waals surface area (Å²) in [6.07, 6.45) is 5.25. The van der Waals surface area contributed by atoms with Gasteiger partial charge < -0.3 is 15.5 Å². The molecule has 1 saturated heterocycles. The number of carbonyl (C=O) groups is 1. The maximum absolute atomic E-state index is 12.3. The average molecular weight is 400 g/mol. The summed E-state index contributed by atoms with van der Waals surface area (Å²) in [7, 11) is 0. The number of carbonyl (C=O) groups excluding carboxylic acids is 1. The number of halogens is 1. The van der Waals surface area contributed by atoms with Gasteiger partial charge in [0, 0.05) is 49.0 Å². The molecule has 28 heavy (non-hydrogen) atoms. The highest BCUT2D eigenvalue weighted by molar-refractivity contribution is 6.32. The molecule has 0 bridgehead atoms. The SMILES string of the molecule is Cc1cc(N2CCC(NC(=O)Nc3ccc(-n4cccn4)c(Cl)c3)CC2)n[nH]1. The van der Waals surface area contributed by atoms with Crippen LogP contribution in [0.1, 0.15) is 18.5 Å². The predicted molar refractivity (Wildman–Crippen MR) is 109 cm³/mol. The third-order valence-electron chi connectivity index (χ3n) is 4.80. The molecule has 0 unspecified atom stereocenters. The molecule has 0 atom stereocenters. The van der Waals surface area contributed by atoms with E-state index >= 15 is 0 Å². The molecule has 0 saturated carbocycles. The first kappa shape index (κ1) is 18.4. The zero-order chi connectivity index (χ0) is 19.5. The molecule has 1 aliphatic rings. The Hall–Kier alpha value is -3.00. The highest BCUT2D eigenvalue weighted by Gasteiger charge is 2.22. The van der Waals surface area contributed by atoms with E-state index < -0.39 is 0 Å². The summed E-state index contributed by atoms with van der Waals surface area (Å²) in [6.45, 7) is 3.71. The van der Waals surface area contributed by atoms with Crippen LogP contribution in [0.5, 0.6) is 0 Å². The molecule has 146 valence electrons. The summed E-state index contributed by atoms with van der Waals surface area (Å²) >= 11 is 6.33. The number of H-pyrrole nitrogens is 1. The predicted octanol–water partition coefficient (Wildman–Crippen LogP) is 3.35. The van der Waals surface area contributed by atoms with Crippen LogP contribution in [-0.4, -0.2) is 45.1 Å². The number of hydrogen-bond donors (Lipinski definition) is 3. The van der Waals surface area contributed by atoms with Gasteiger partial charge in [-0.3, -0.25) is 5.10 Å². The Morgan fingerprint density at radius 3 is 2.75 bits per heavy atom. The Bertz CT molecular complexity index is 945. The summed E-state index contributed by atoms with van der Waals surface area (Å²) in [4.78, 5) is 14.6. The van der Waals surface area contributed by atoms with Gasteiger partial charge in [-0.05, 0) is 44.0 Å². The molecule has 9 heteroatoms. The van der Waals surface area contributed by atoms with Crippen LogP contribution < -0.4 is 15.5 Å². The largest absolute Gasteiger partial charge is 0.355 e. The Morgan fingerprint density at radius 1 is 1.29 bits per heavy atom. The van der Waals surface area contributed by atoms with Gasteiger partial charge in [0.05, 0.1) is 10.7 Å². The normalized spacial score (nSPS) is 14.9. The van der Waals surface area contributed by atoms with E-state index in [0.717, 1.165) is 43.1 Å². The van der Waals surface area contributed by atoms with Crippen LogP contribution in [0.4, 0.5) is 16.3 Å². The summed E-state index contributed by atoms with van der Waals surface area (Å²) in [5.74, 6) is 0.965. The molecule has 2 amide bonds. The van der Waals surface area contributed by atoms with Crippen molar-refractivity contribution < 1.29 is 4.79 Å². The molecule has 0 radical (unpaired) electrons. The topological polar surface area (TPSA) is 90.9 Å². The number of nitrogens with one attached hydrogen (secondary N) is 3. The van der Waals surface area contributed by atoms with Crippen molar-refractivity contribution in [2.75, 3.05) is 23.3 Å². The summed E-state index contributed by atoms with van der Waals surface area (Å²) in [5, 5.41) is 17.8. The van der Waals surface area contributed by atoms with Crippen molar-refractivity contribution in [1.82, 2.24) is 25.3 Å². The number of hydrogen-bond acceptors (Lipinski definition) is 4. The summed E-state index contributed by atoms with van der Waals surface area (Å²) < 4.78 is 1.68. The molecule has 0 spiro atoms. The van der Waals surface area contributed by atoms with Crippen LogP contribution in [0.15, 0.2) is 42.7 Å². The summed E-state index contributed by atoms with van der Waals surface area (Å²) in [6, 6.07) is 9.14. The van der Waals surface area contributed by atoms with Gasteiger partial charge in [-0.1, -0.05) is 11.6 Å². The monoisotopic (exact) mass is 399 g/mol. The van der Waals surface area contributed by atoms with Crippen molar-refractivity contribution in [3.63, 3.8) is 0 Å². The number of piperidine rings is 1. The van der Waals surface area contributed by atoms with Gasteiger partial charge in [0.1, 0.15) is 0 Å².